The normalized spacial score (nSPS) is 18.0. The van der Waals surface area contributed by atoms with Crippen LogP contribution in [0.15, 0.2) is 12.1 Å². The summed E-state index contributed by atoms with van der Waals surface area (Å²) in [6.45, 7) is 6.97. The van der Waals surface area contributed by atoms with Crippen LogP contribution in [-0.4, -0.2) is 63.7 Å². The number of likely N-dealkylation sites (tertiary alicyclic amines) is 1. The highest BCUT2D eigenvalue weighted by atomic mass is 16.6. The van der Waals surface area contributed by atoms with Crippen molar-refractivity contribution < 1.29 is 24.2 Å². The first-order chi connectivity index (χ1) is 17.6. The number of pyridine rings is 1. The fourth-order valence-corrected chi connectivity index (χ4v) is 5.03. The Kier molecular flexibility index (Phi) is 10.6. The van der Waals surface area contributed by atoms with Gasteiger partial charge in [-0.3, -0.25) is 4.79 Å². The van der Waals surface area contributed by atoms with Gasteiger partial charge in [-0.2, -0.15) is 0 Å². The SMILES string of the molecule is CC(C)(C)OC(=O)N1CCC[C@H]1CC(=O)N[C@@H](CCCCCCCc1ccc2c(n1)NCCC2)C(=O)O. The molecule has 0 bridgehead atoms. The maximum absolute atomic E-state index is 12.6. The minimum Gasteiger partial charge on any atom is -0.480 e. The fourth-order valence-electron chi connectivity index (χ4n) is 5.03. The highest BCUT2D eigenvalue weighted by Gasteiger charge is 2.34. The number of aromatic nitrogens is 1. The summed E-state index contributed by atoms with van der Waals surface area (Å²) in [5, 5.41) is 15.6. The van der Waals surface area contributed by atoms with Crippen molar-refractivity contribution >= 4 is 23.8 Å². The van der Waals surface area contributed by atoms with Crippen LogP contribution >= 0.6 is 0 Å². The van der Waals surface area contributed by atoms with Crippen LogP contribution < -0.4 is 10.6 Å². The molecule has 3 N–H and O–H groups in total. The second-order valence-electron chi connectivity index (χ2n) is 11.3. The number of carbonyl (C=O) groups is 3. The molecule has 2 aliphatic rings. The van der Waals surface area contributed by atoms with E-state index >= 15 is 0 Å². The number of hydrogen-bond acceptors (Lipinski definition) is 6. The standard InChI is InChI=1S/C28H44N4O5/c1-28(2,3)37-27(36)32-18-10-13-22(32)19-24(33)31-23(26(34)35)14-8-6-4-5-7-12-21-16-15-20-11-9-17-29-25(20)30-21/h15-16,22-23H,4-14,17-19H2,1-3H3,(H,29,30)(H,31,33)(H,34,35)/t22-,23-/m0/s1. The molecule has 0 radical (unpaired) electrons. The van der Waals surface area contributed by atoms with Gasteiger partial charge in [0.2, 0.25) is 5.91 Å². The van der Waals surface area contributed by atoms with Crippen molar-refractivity contribution in [3.05, 3.63) is 23.4 Å². The Balaban J connectivity index is 1.32. The molecule has 3 heterocycles. The fraction of sp³-hybridized carbons (Fsp3) is 0.714. The molecule has 0 aromatic carbocycles. The Labute approximate surface area is 220 Å². The van der Waals surface area contributed by atoms with Crippen molar-refractivity contribution in [2.24, 2.45) is 0 Å². The number of carboxylic acid groups (broad SMARTS) is 1. The minimum atomic E-state index is -1.02. The largest absolute Gasteiger partial charge is 0.480 e. The number of fused-ring (bicyclic) bond motifs is 1. The summed E-state index contributed by atoms with van der Waals surface area (Å²) in [5.74, 6) is -0.313. The van der Waals surface area contributed by atoms with E-state index < -0.39 is 23.7 Å². The number of unbranched alkanes of at least 4 members (excludes halogenated alkanes) is 4. The van der Waals surface area contributed by atoms with Gasteiger partial charge in [0.25, 0.3) is 0 Å². The molecule has 37 heavy (non-hydrogen) atoms. The Morgan fingerprint density at radius 2 is 1.92 bits per heavy atom. The second kappa shape index (κ2) is 13.6. The molecular weight excluding hydrogens is 472 g/mol. The van der Waals surface area contributed by atoms with E-state index in [9.17, 15) is 19.5 Å². The van der Waals surface area contributed by atoms with Gasteiger partial charge in [0.1, 0.15) is 17.5 Å². The summed E-state index contributed by atoms with van der Waals surface area (Å²) >= 11 is 0. The number of aryl methyl sites for hydroxylation is 2. The van der Waals surface area contributed by atoms with E-state index in [0.717, 1.165) is 75.8 Å². The summed E-state index contributed by atoms with van der Waals surface area (Å²) in [6, 6.07) is 3.15. The van der Waals surface area contributed by atoms with Gasteiger partial charge in [0.15, 0.2) is 0 Å². The van der Waals surface area contributed by atoms with E-state index in [1.807, 2.05) is 20.8 Å². The third kappa shape index (κ3) is 9.52. The van der Waals surface area contributed by atoms with Gasteiger partial charge in [-0.05, 0) is 77.3 Å². The molecule has 1 saturated heterocycles. The van der Waals surface area contributed by atoms with E-state index in [1.54, 1.807) is 4.90 Å². The number of ether oxygens (including phenoxy) is 1. The monoisotopic (exact) mass is 516 g/mol. The van der Waals surface area contributed by atoms with Crippen LogP contribution in [0, 0.1) is 0 Å². The molecule has 206 valence electrons. The average molecular weight is 517 g/mol. The molecule has 9 nitrogen and oxygen atoms in total. The van der Waals surface area contributed by atoms with E-state index in [4.69, 9.17) is 9.72 Å². The number of anilines is 1. The Morgan fingerprint density at radius 3 is 2.68 bits per heavy atom. The molecular formula is C28H44N4O5. The van der Waals surface area contributed by atoms with Crippen molar-refractivity contribution in [3.63, 3.8) is 0 Å². The Hall–Kier alpha value is -2.84. The number of rotatable bonds is 12. The molecule has 2 amide bonds. The maximum Gasteiger partial charge on any atom is 0.410 e. The lowest BCUT2D eigenvalue weighted by molar-refractivity contribution is -0.142. The highest BCUT2D eigenvalue weighted by molar-refractivity contribution is 5.84. The zero-order chi connectivity index (χ0) is 26.8. The Morgan fingerprint density at radius 1 is 1.16 bits per heavy atom. The van der Waals surface area contributed by atoms with E-state index in [-0.39, 0.29) is 18.4 Å². The number of hydrogen-bond donors (Lipinski definition) is 3. The van der Waals surface area contributed by atoms with Gasteiger partial charge < -0.3 is 25.4 Å². The van der Waals surface area contributed by atoms with E-state index in [2.05, 4.69) is 22.8 Å². The number of aliphatic carboxylic acids is 1. The molecule has 1 aromatic heterocycles. The van der Waals surface area contributed by atoms with Crippen molar-refractivity contribution in [2.75, 3.05) is 18.4 Å². The number of carboxylic acids is 1. The van der Waals surface area contributed by atoms with Crippen LogP contribution in [0.2, 0.25) is 0 Å². The van der Waals surface area contributed by atoms with Crippen LogP contribution in [0.1, 0.15) is 96.2 Å². The number of nitrogens with one attached hydrogen (secondary N) is 2. The summed E-state index contributed by atoms with van der Waals surface area (Å²) < 4.78 is 5.45. The lowest BCUT2D eigenvalue weighted by atomic mass is 10.0. The predicted octanol–water partition coefficient (Wildman–Crippen LogP) is 4.68. The van der Waals surface area contributed by atoms with Crippen molar-refractivity contribution in [3.8, 4) is 0 Å². The summed E-state index contributed by atoms with van der Waals surface area (Å²) in [6.07, 6.45) is 9.61. The molecule has 2 aliphatic heterocycles. The molecule has 1 aromatic rings. The van der Waals surface area contributed by atoms with Gasteiger partial charge in [-0.1, -0.05) is 31.7 Å². The summed E-state index contributed by atoms with van der Waals surface area (Å²) in [7, 11) is 0. The summed E-state index contributed by atoms with van der Waals surface area (Å²) in [4.78, 5) is 43.1. The van der Waals surface area contributed by atoms with E-state index in [0.29, 0.717) is 19.4 Å². The van der Waals surface area contributed by atoms with Crippen molar-refractivity contribution in [2.45, 2.75) is 116 Å². The molecule has 2 atom stereocenters. The van der Waals surface area contributed by atoms with Crippen LogP contribution in [-0.2, 0) is 27.2 Å². The van der Waals surface area contributed by atoms with Gasteiger partial charge in [-0.15, -0.1) is 0 Å². The van der Waals surface area contributed by atoms with Crippen molar-refractivity contribution in [1.29, 1.82) is 0 Å². The molecule has 9 heteroatoms. The van der Waals surface area contributed by atoms with Gasteiger partial charge in [0.05, 0.1) is 0 Å². The molecule has 1 fully saturated rings. The number of carbonyl (C=O) groups excluding carboxylic acids is 2. The first kappa shape index (κ1) is 28.7. The van der Waals surface area contributed by atoms with Gasteiger partial charge >= 0.3 is 12.1 Å². The quantitative estimate of drug-likeness (QED) is 0.345. The number of nitrogens with zero attached hydrogens (tertiary/aromatic N) is 2. The van der Waals surface area contributed by atoms with Crippen LogP contribution in [0.25, 0.3) is 0 Å². The third-order valence-corrected chi connectivity index (χ3v) is 6.94. The summed E-state index contributed by atoms with van der Waals surface area (Å²) in [5.41, 5.74) is 1.82. The minimum absolute atomic E-state index is 0.0925. The lowest BCUT2D eigenvalue weighted by Crippen LogP contribution is -2.45. The number of amides is 2. The molecule has 3 rings (SSSR count). The first-order valence-electron chi connectivity index (χ1n) is 13.9. The average Bonchev–Trinajstić information content (AvgIpc) is 3.29. The molecule has 0 spiro atoms. The van der Waals surface area contributed by atoms with Crippen LogP contribution in [0.3, 0.4) is 0 Å². The predicted molar refractivity (Wildman–Crippen MR) is 143 cm³/mol. The zero-order valence-electron chi connectivity index (χ0n) is 22.7. The van der Waals surface area contributed by atoms with E-state index in [1.165, 1.54) is 5.56 Å². The maximum atomic E-state index is 12.6. The van der Waals surface area contributed by atoms with Crippen LogP contribution in [0.5, 0.6) is 0 Å². The van der Waals surface area contributed by atoms with Crippen molar-refractivity contribution in [1.82, 2.24) is 15.2 Å². The van der Waals surface area contributed by atoms with Gasteiger partial charge in [0, 0.05) is 31.2 Å². The molecule has 0 unspecified atom stereocenters. The lowest BCUT2D eigenvalue weighted by Gasteiger charge is -2.28. The second-order valence-corrected chi connectivity index (χ2v) is 11.3. The Bertz CT molecular complexity index is 930. The molecule has 0 aliphatic carbocycles. The highest BCUT2D eigenvalue weighted by Crippen LogP contribution is 2.23. The topological polar surface area (TPSA) is 121 Å². The van der Waals surface area contributed by atoms with Gasteiger partial charge in [-0.25, -0.2) is 14.6 Å². The zero-order valence-corrected chi connectivity index (χ0v) is 22.7. The third-order valence-electron chi connectivity index (χ3n) is 6.94. The smallest absolute Gasteiger partial charge is 0.410 e. The first-order valence-corrected chi connectivity index (χ1v) is 13.9. The van der Waals surface area contributed by atoms with Crippen LogP contribution in [0.4, 0.5) is 10.6 Å². The molecule has 0 saturated carbocycles.